The second kappa shape index (κ2) is 4.54. The molecule has 0 radical (unpaired) electrons. The van der Waals surface area contributed by atoms with Crippen molar-refractivity contribution in [3.8, 4) is 0 Å². The first kappa shape index (κ1) is 11.9. The van der Waals surface area contributed by atoms with Crippen molar-refractivity contribution in [2.45, 2.75) is 24.6 Å². The first-order chi connectivity index (χ1) is 6.94. The monoisotopic (exact) mass is 213 g/mol. The molecule has 0 aromatic carbocycles. The van der Waals surface area contributed by atoms with Crippen molar-refractivity contribution in [2.75, 3.05) is 0 Å². The van der Waals surface area contributed by atoms with Crippen LogP contribution in [-0.2, 0) is 4.79 Å². The molecule has 6 heteroatoms. The van der Waals surface area contributed by atoms with Crippen molar-refractivity contribution in [2.24, 2.45) is 11.6 Å². The van der Waals surface area contributed by atoms with Crippen LogP contribution in [-0.4, -0.2) is 27.9 Å². The number of aliphatic hydroxyl groups is 1. The second-order valence-electron chi connectivity index (χ2n) is 3.57. The second-order valence-corrected chi connectivity index (χ2v) is 3.57. The Morgan fingerprint density at radius 2 is 2.40 bits per heavy atom. The Labute approximate surface area is 87.2 Å². The molecule has 0 bridgehead atoms. The summed E-state index contributed by atoms with van der Waals surface area (Å²) in [6, 6.07) is -0.829. The smallest absolute Gasteiger partial charge is 0.322 e. The van der Waals surface area contributed by atoms with E-state index in [0.717, 1.165) is 5.57 Å². The third kappa shape index (κ3) is 3.45. The summed E-state index contributed by atoms with van der Waals surface area (Å²) in [6.45, 7) is 0. The highest BCUT2D eigenvalue weighted by molar-refractivity contribution is 5.73. The Hall–Kier alpha value is -1.21. The van der Waals surface area contributed by atoms with Crippen LogP contribution in [0.2, 0.25) is 0 Å². The number of carbonyl (C=O) groups is 1. The van der Waals surface area contributed by atoms with Crippen LogP contribution in [0, 0.1) is 0 Å². The summed E-state index contributed by atoms with van der Waals surface area (Å²) in [4.78, 5) is 10.7. The van der Waals surface area contributed by atoms with Gasteiger partial charge in [-0.05, 0) is 18.1 Å². The highest BCUT2D eigenvalue weighted by atomic mass is 16.4. The van der Waals surface area contributed by atoms with Crippen LogP contribution >= 0.6 is 0 Å². The van der Waals surface area contributed by atoms with Gasteiger partial charge < -0.3 is 15.9 Å². The van der Waals surface area contributed by atoms with Gasteiger partial charge in [-0.25, -0.2) is 5.43 Å². The van der Waals surface area contributed by atoms with Gasteiger partial charge in [0.1, 0.15) is 11.8 Å². The molecule has 1 rings (SSSR count). The molecule has 0 aliphatic heterocycles. The number of allylic oxidation sites excluding steroid dienone is 1. The first-order valence-corrected chi connectivity index (χ1v) is 4.53. The lowest BCUT2D eigenvalue weighted by Gasteiger charge is -2.22. The van der Waals surface area contributed by atoms with E-state index in [1.165, 1.54) is 6.08 Å². The van der Waals surface area contributed by atoms with E-state index in [4.69, 9.17) is 16.7 Å². The lowest BCUT2D eigenvalue weighted by molar-refractivity contribution is -0.139. The topological polar surface area (TPSA) is 122 Å². The SMILES string of the molecule is NN[C@@H](CC1=CCC(N)(O)C=C1)C(=O)O. The number of carboxylic acid groups (broad SMARTS) is 1. The van der Waals surface area contributed by atoms with Gasteiger partial charge in [0.2, 0.25) is 0 Å². The maximum Gasteiger partial charge on any atom is 0.322 e. The minimum atomic E-state index is -1.32. The van der Waals surface area contributed by atoms with Crippen molar-refractivity contribution in [3.63, 3.8) is 0 Å². The summed E-state index contributed by atoms with van der Waals surface area (Å²) in [5.74, 6) is 4.07. The van der Waals surface area contributed by atoms with Crippen molar-refractivity contribution in [1.29, 1.82) is 0 Å². The third-order valence-electron chi connectivity index (χ3n) is 2.22. The van der Waals surface area contributed by atoms with Crippen molar-refractivity contribution in [3.05, 3.63) is 23.8 Å². The molecule has 6 nitrogen and oxygen atoms in total. The molecule has 0 aromatic heterocycles. The summed E-state index contributed by atoms with van der Waals surface area (Å²) >= 11 is 0. The summed E-state index contributed by atoms with van der Waals surface area (Å²) in [5, 5.41) is 18.1. The number of nitrogens with one attached hydrogen (secondary N) is 1. The van der Waals surface area contributed by atoms with Gasteiger partial charge in [-0.2, -0.15) is 0 Å². The molecule has 0 heterocycles. The molecule has 1 aliphatic rings. The van der Waals surface area contributed by atoms with Gasteiger partial charge >= 0.3 is 5.97 Å². The Morgan fingerprint density at radius 1 is 1.73 bits per heavy atom. The zero-order valence-electron chi connectivity index (χ0n) is 8.18. The molecule has 0 aromatic rings. The van der Waals surface area contributed by atoms with E-state index >= 15 is 0 Å². The normalized spacial score (nSPS) is 27.3. The Balaban J connectivity index is 2.58. The molecule has 2 atom stereocenters. The fourth-order valence-corrected chi connectivity index (χ4v) is 1.29. The van der Waals surface area contributed by atoms with E-state index in [0.29, 0.717) is 0 Å². The molecule has 0 saturated carbocycles. The van der Waals surface area contributed by atoms with Crippen molar-refractivity contribution in [1.82, 2.24) is 5.43 Å². The van der Waals surface area contributed by atoms with E-state index in [9.17, 15) is 9.90 Å². The molecular formula is C9H15N3O3. The molecule has 0 amide bonds. The van der Waals surface area contributed by atoms with E-state index in [1.807, 2.05) is 0 Å². The van der Waals surface area contributed by atoms with Crippen LogP contribution in [0.4, 0.5) is 0 Å². The predicted molar refractivity (Wildman–Crippen MR) is 54.3 cm³/mol. The Morgan fingerprint density at radius 3 is 2.80 bits per heavy atom. The van der Waals surface area contributed by atoms with E-state index in [1.54, 1.807) is 12.2 Å². The van der Waals surface area contributed by atoms with Gasteiger partial charge in [-0.3, -0.25) is 10.6 Å². The van der Waals surface area contributed by atoms with Gasteiger partial charge in [-0.1, -0.05) is 12.2 Å². The van der Waals surface area contributed by atoms with Gasteiger partial charge in [0, 0.05) is 6.42 Å². The van der Waals surface area contributed by atoms with E-state index < -0.39 is 17.7 Å². The number of hydrogen-bond acceptors (Lipinski definition) is 5. The fraction of sp³-hybridized carbons (Fsp3) is 0.444. The highest BCUT2D eigenvalue weighted by Crippen LogP contribution is 2.19. The van der Waals surface area contributed by atoms with Gasteiger partial charge in [0.05, 0.1) is 0 Å². The van der Waals surface area contributed by atoms with Crippen LogP contribution in [0.25, 0.3) is 0 Å². The minimum absolute atomic E-state index is 0.262. The maximum absolute atomic E-state index is 10.7. The minimum Gasteiger partial charge on any atom is -0.480 e. The third-order valence-corrected chi connectivity index (χ3v) is 2.22. The van der Waals surface area contributed by atoms with Crippen LogP contribution in [0.5, 0.6) is 0 Å². The van der Waals surface area contributed by atoms with Crippen LogP contribution in [0.15, 0.2) is 23.8 Å². The standard InChI is InChI=1S/C9H15N3O3/c10-9(15)3-1-6(2-4-9)5-7(12-11)8(13)14/h1-3,7,12,15H,4-5,10-11H2,(H,13,14)/t7-,9?/m0/s1. The largest absolute Gasteiger partial charge is 0.480 e. The lowest BCUT2D eigenvalue weighted by atomic mass is 9.96. The lowest BCUT2D eigenvalue weighted by Crippen LogP contribution is -2.42. The molecule has 0 saturated heterocycles. The first-order valence-electron chi connectivity index (χ1n) is 4.53. The Bertz CT molecular complexity index is 310. The molecule has 1 aliphatic carbocycles. The number of carboxylic acids is 1. The molecule has 84 valence electrons. The fourth-order valence-electron chi connectivity index (χ4n) is 1.29. The zero-order chi connectivity index (χ0) is 11.5. The van der Waals surface area contributed by atoms with Gasteiger partial charge in [-0.15, -0.1) is 0 Å². The molecule has 15 heavy (non-hydrogen) atoms. The van der Waals surface area contributed by atoms with Crippen LogP contribution < -0.4 is 17.0 Å². The Kier molecular flexibility index (Phi) is 3.59. The number of nitrogens with two attached hydrogens (primary N) is 2. The quantitative estimate of drug-likeness (QED) is 0.228. The average molecular weight is 213 g/mol. The van der Waals surface area contributed by atoms with Crippen LogP contribution in [0.3, 0.4) is 0 Å². The number of hydrazine groups is 1. The number of rotatable bonds is 4. The molecule has 0 spiro atoms. The zero-order valence-corrected chi connectivity index (χ0v) is 8.18. The summed E-state index contributed by atoms with van der Waals surface area (Å²) in [7, 11) is 0. The molecular weight excluding hydrogens is 198 g/mol. The number of hydrogen-bond donors (Lipinski definition) is 5. The predicted octanol–water partition coefficient (Wildman–Crippen LogP) is -1.17. The summed E-state index contributed by atoms with van der Waals surface area (Å²) < 4.78 is 0. The number of aliphatic carboxylic acids is 1. The highest BCUT2D eigenvalue weighted by Gasteiger charge is 2.22. The average Bonchev–Trinajstić information content (AvgIpc) is 2.15. The maximum atomic E-state index is 10.7. The van der Waals surface area contributed by atoms with E-state index in [-0.39, 0.29) is 12.8 Å². The summed E-state index contributed by atoms with van der Waals surface area (Å²) in [6.07, 6.45) is 5.29. The molecule has 1 unspecified atom stereocenters. The summed E-state index contributed by atoms with van der Waals surface area (Å²) in [5.41, 5.74) is 7.10. The van der Waals surface area contributed by atoms with Gasteiger partial charge in [0.25, 0.3) is 0 Å². The van der Waals surface area contributed by atoms with Crippen LogP contribution in [0.1, 0.15) is 12.8 Å². The van der Waals surface area contributed by atoms with Crippen molar-refractivity contribution < 1.29 is 15.0 Å². The molecule has 7 N–H and O–H groups in total. The van der Waals surface area contributed by atoms with Gasteiger partial charge in [0.15, 0.2) is 0 Å². The molecule has 0 fully saturated rings. The van der Waals surface area contributed by atoms with Crippen molar-refractivity contribution >= 4 is 5.97 Å². The van der Waals surface area contributed by atoms with E-state index in [2.05, 4.69) is 5.43 Å².